The van der Waals surface area contributed by atoms with E-state index in [4.69, 9.17) is 14.2 Å². The van der Waals surface area contributed by atoms with E-state index in [1.807, 2.05) is 103 Å². The Morgan fingerprint density at radius 3 is 1.86 bits per heavy atom. The van der Waals surface area contributed by atoms with Crippen LogP contribution in [0.15, 0.2) is 158 Å². The van der Waals surface area contributed by atoms with Crippen LogP contribution < -0.4 is 10.6 Å². The third-order valence-electron chi connectivity index (χ3n) is 10.4. The summed E-state index contributed by atoms with van der Waals surface area (Å²) in [6.07, 6.45) is 1.17. The van der Waals surface area contributed by atoms with Gasteiger partial charge in [-0.15, -0.1) is 0 Å². The Morgan fingerprint density at radius 1 is 0.627 bits per heavy atom. The van der Waals surface area contributed by atoms with E-state index in [9.17, 15) is 9.59 Å². The predicted molar refractivity (Wildman–Crippen MR) is 237 cm³/mol. The second-order valence-electron chi connectivity index (χ2n) is 14.9. The SMILES string of the molecule is CCCNCC(CCC(OCc1ccccc1)C(OCc1ccccc1)N(CCc1ccc(NC(C)=O)cc1)C(=O)OCc1ccccc1)c1cccc2ccccc12. The van der Waals surface area contributed by atoms with Gasteiger partial charge in [-0.25, -0.2) is 4.79 Å². The Morgan fingerprint density at radius 2 is 1.22 bits per heavy atom. The molecule has 0 aliphatic rings. The summed E-state index contributed by atoms with van der Waals surface area (Å²) in [5.41, 5.74) is 5.92. The van der Waals surface area contributed by atoms with Crippen molar-refractivity contribution in [2.75, 3.05) is 25.0 Å². The van der Waals surface area contributed by atoms with Crippen molar-refractivity contribution in [3.05, 3.63) is 186 Å². The van der Waals surface area contributed by atoms with Crippen molar-refractivity contribution in [2.45, 2.75) is 77.6 Å². The fourth-order valence-corrected chi connectivity index (χ4v) is 7.36. The van der Waals surface area contributed by atoms with Crippen LogP contribution in [0.25, 0.3) is 10.8 Å². The van der Waals surface area contributed by atoms with Gasteiger partial charge in [-0.05, 0) is 88.9 Å². The number of hydrogen-bond donors (Lipinski definition) is 2. The maximum absolute atomic E-state index is 14.5. The van der Waals surface area contributed by atoms with Crippen LogP contribution in [0, 0.1) is 0 Å². The molecule has 0 saturated heterocycles. The van der Waals surface area contributed by atoms with Crippen molar-refractivity contribution in [1.29, 1.82) is 0 Å². The van der Waals surface area contributed by atoms with Gasteiger partial charge in [0.05, 0.1) is 13.2 Å². The molecule has 6 aromatic carbocycles. The molecule has 0 spiro atoms. The molecule has 0 aliphatic heterocycles. The van der Waals surface area contributed by atoms with E-state index in [1.165, 1.54) is 23.3 Å². The summed E-state index contributed by atoms with van der Waals surface area (Å²) in [7, 11) is 0. The molecular weight excluding hydrogens is 735 g/mol. The normalized spacial score (nSPS) is 12.7. The van der Waals surface area contributed by atoms with Crippen LogP contribution in [0.3, 0.4) is 0 Å². The summed E-state index contributed by atoms with van der Waals surface area (Å²) >= 11 is 0. The summed E-state index contributed by atoms with van der Waals surface area (Å²) in [6, 6.07) is 52.7. The minimum absolute atomic E-state index is 0.120. The Labute approximate surface area is 349 Å². The molecule has 8 nitrogen and oxygen atoms in total. The largest absolute Gasteiger partial charge is 0.444 e. The summed E-state index contributed by atoms with van der Waals surface area (Å²) in [5.74, 6) is 0.0414. The molecule has 0 aliphatic carbocycles. The molecule has 3 unspecified atom stereocenters. The first-order valence-corrected chi connectivity index (χ1v) is 20.8. The van der Waals surface area contributed by atoms with Crippen LogP contribution in [0.4, 0.5) is 10.5 Å². The predicted octanol–water partition coefficient (Wildman–Crippen LogP) is 10.7. The quantitative estimate of drug-likeness (QED) is 0.0526. The zero-order chi connectivity index (χ0) is 41.1. The lowest BCUT2D eigenvalue weighted by Gasteiger charge is -2.37. The highest BCUT2D eigenvalue weighted by molar-refractivity contribution is 5.88. The Bertz CT molecular complexity index is 2140. The van der Waals surface area contributed by atoms with Gasteiger partial charge in [-0.3, -0.25) is 9.69 Å². The number of carbonyl (C=O) groups is 2. The average Bonchev–Trinajstić information content (AvgIpc) is 3.27. The second-order valence-corrected chi connectivity index (χ2v) is 14.9. The third kappa shape index (κ3) is 13.4. The van der Waals surface area contributed by atoms with Crippen LogP contribution >= 0.6 is 0 Å². The molecule has 2 N–H and O–H groups in total. The van der Waals surface area contributed by atoms with E-state index in [1.54, 1.807) is 4.90 Å². The Hall–Kier alpha value is -5.80. The number of anilines is 1. The fraction of sp³-hybridized carbons (Fsp3) is 0.294. The smallest absolute Gasteiger partial charge is 0.412 e. The molecule has 0 saturated carbocycles. The molecule has 8 heteroatoms. The zero-order valence-corrected chi connectivity index (χ0v) is 34.3. The molecule has 0 aromatic heterocycles. The lowest BCUT2D eigenvalue weighted by atomic mass is 9.88. The van der Waals surface area contributed by atoms with E-state index in [0.29, 0.717) is 31.7 Å². The van der Waals surface area contributed by atoms with Crippen LogP contribution in [-0.4, -0.2) is 48.9 Å². The first-order chi connectivity index (χ1) is 29.0. The topological polar surface area (TPSA) is 89.1 Å². The van der Waals surface area contributed by atoms with Crippen LogP contribution in [-0.2, 0) is 45.2 Å². The highest BCUT2D eigenvalue weighted by atomic mass is 16.6. The number of nitrogens with one attached hydrogen (secondary N) is 2. The summed E-state index contributed by atoms with van der Waals surface area (Å²) in [4.78, 5) is 27.9. The van der Waals surface area contributed by atoms with Crippen LogP contribution in [0.2, 0.25) is 0 Å². The Kier molecular flexibility index (Phi) is 16.7. The molecule has 59 heavy (non-hydrogen) atoms. The van der Waals surface area contributed by atoms with E-state index < -0.39 is 18.4 Å². The van der Waals surface area contributed by atoms with Crippen molar-refractivity contribution in [2.24, 2.45) is 0 Å². The standard InChI is InChI=1S/C51H57N3O5/c1-3-33-52-35-45(48-25-15-23-44-22-13-14-24-47(44)48)28-31-49(57-36-41-16-7-4-8-17-41)50(58-37-42-18-9-5-10-19-42)54(51(56)59-38-43-20-11-6-12-21-43)34-32-40-26-29-46(30-27-40)53-39(2)55/h4-27,29-30,45,49-50,52H,3,28,31-38H2,1-2H3,(H,53,55). The molecule has 0 fully saturated rings. The number of hydrogen-bond acceptors (Lipinski definition) is 6. The minimum atomic E-state index is -0.794. The number of carbonyl (C=O) groups excluding carboxylic acids is 2. The van der Waals surface area contributed by atoms with Crippen molar-refractivity contribution in [1.82, 2.24) is 10.2 Å². The van der Waals surface area contributed by atoms with Crippen molar-refractivity contribution in [3.63, 3.8) is 0 Å². The highest BCUT2D eigenvalue weighted by Gasteiger charge is 2.34. The van der Waals surface area contributed by atoms with Gasteiger partial charge in [0.2, 0.25) is 5.91 Å². The lowest BCUT2D eigenvalue weighted by molar-refractivity contribution is -0.150. The molecule has 6 aromatic rings. The summed E-state index contributed by atoms with van der Waals surface area (Å²) < 4.78 is 19.9. The monoisotopic (exact) mass is 791 g/mol. The minimum Gasteiger partial charge on any atom is -0.444 e. The van der Waals surface area contributed by atoms with Gasteiger partial charge in [0, 0.05) is 25.7 Å². The average molecular weight is 792 g/mol. The highest BCUT2D eigenvalue weighted by Crippen LogP contribution is 2.31. The maximum Gasteiger partial charge on any atom is 0.412 e. The van der Waals surface area contributed by atoms with Crippen LogP contribution in [0.1, 0.15) is 66.8 Å². The van der Waals surface area contributed by atoms with Gasteiger partial charge >= 0.3 is 6.09 Å². The number of fused-ring (bicyclic) bond motifs is 1. The van der Waals surface area contributed by atoms with Gasteiger partial charge in [-0.1, -0.05) is 153 Å². The first-order valence-electron chi connectivity index (χ1n) is 20.8. The summed E-state index contributed by atoms with van der Waals surface area (Å²) in [5, 5.41) is 8.99. The zero-order valence-electron chi connectivity index (χ0n) is 34.3. The Balaban J connectivity index is 1.35. The molecule has 0 heterocycles. The molecule has 3 atom stereocenters. The maximum atomic E-state index is 14.5. The first kappa shape index (κ1) is 42.8. The number of benzene rings is 6. The number of ether oxygens (including phenoxy) is 3. The van der Waals surface area contributed by atoms with E-state index in [-0.39, 0.29) is 25.0 Å². The van der Waals surface area contributed by atoms with E-state index in [0.717, 1.165) is 48.2 Å². The lowest BCUT2D eigenvalue weighted by Crippen LogP contribution is -2.50. The van der Waals surface area contributed by atoms with Gasteiger partial charge in [0.25, 0.3) is 0 Å². The molecule has 2 amide bonds. The fourth-order valence-electron chi connectivity index (χ4n) is 7.36. The molecule has 0 bridgehead atoms. The number of nitrogens with zero attached hydrogens (tertiary/aromatic N) is 1. The molecule has 0 radical (unpaired) electrons. The second kappa shape index (κ2) is 23.0. The van der Waals surface area contributed by atoms with Crippen molar-refractivity contribution < 1.29 is 23.8 Å². The van der Waals surface area contributed by atoms with Crippen LogP contribution in [0.5, 0.6) is 0 Å². The molecule has 306 valence electrons. The van der Waals surface area contributed by atoms with Crippen molar-refractivity contribution in [3.8, 4) is 0 Å². The van der Waals surface area contributed by atoms with Crippen molar-refractivity contribution >= 4 is 28.5 Å². The van der Waals surface area contributed by atoms with Gasteiger partial charge in [0.1, 0.15) is 12.7 Å². The van der Waals surface area contributed by atoms with Gasteiger partial charge < -0.3 is 24.8 Å². The van der Waals surface area contributed by atoms with E-state index in [2.05, 4.69) is 72.2 Å². The van der Waals surface area contributed by atoms with E-state index >= 15 is 0 Å². The third-order valence-corrected chi connectivity index (χ3v) is 10.4. The molecule has 6 rings (SSSR count). The summed E-state index contributed by atoms with van der Waals surface area (Å²) in [6.45, 7) is 6.45. The number of amides is 2. The van der Waals surface area contributed by atoms with Gasteiger partial charge in [0.15, 0.2) is 6.23 Å². The van der Waals surface area contributed by atoms with Gasteiger partial charge in [-0.2, -0.15) is 0 Å². The number of rotatable bonds is 22. The molecular formula is C51H57N3O5.